The number of benzene rings is 3. The smallest absolute Gasteiger partial charge is 0.244 e. The lowest BCUT2D eigenvalue weighted by molar-refractivity contribution is -0.116. The minimum atomic E-state index is -0.169. The lowest BCUT2D eigenvalue weighted by Gasteiger charge is -2.12. The molecule has 0 saturated carbocycles. The second-order valence-electron chi connectivity index (χ2n) is 8.51. The van der Waals surface area contributed by atoms with E-state index in [1.165, 1.54) is 6.08 Å². The van der Waals surface area contributed by atoms with Gasteiger partial charge in [0.2, 0.25) is 5.91 Å². The number of amides is 1. The highest BCUT2D eigenvalue weighted by Gasteiger charge is 2.13. The molecule has 9 heteroatoms. The van der Waals surface area contributed by atoms with Gasteiger partial charge in [-0.05, 0) is 56.9 Å². The van der Waals surface area contributed by atoms with E-state index in [4.69, 9.17) is 28.2 Å². The lowest BCUT2D eigenvalue weighted by Crippen LogP contribution is -2.20. The maximum absolute atomic E-state index is 12.2. The lowest BCUT2D eigenvalue weighted by atomic mass is 10.1. The highest BCUT2D eigenvalue weighted by molar-refractivity contribution is 9.10. The van der Waals surface area contributed by atoms with Crippen LogP contribution in [0.15, 0.2) is 95.6 Å². The highest BCUT2D eigenvalue weighted by Crippen LogP contribution is 2.30. The first-order valence-corrected chi connectivity index (χ1v) is 13.3. The summed E-state index contributed by atoms with van der Waals surface area (Å²) in [7, 11) is 0. The van der Waals surface area contributed by atoms with Crippen LogP contribution < -0.4 is 10.6 Å². The van der Waals surface area contributed by atoms with Gasteiger partial charge in [0.15, 0.2) is 5.65 Å². The molecule has 2 heterocycles. The van der Waals surface area contributed by atoms with Crippen molar-refractivity contribution in [3.05, 3.63) is 122 Å². The maximum atomic E-state index is 12.2. The molecule has 3 aromatic carbocycles. The van der Waals surface area contributed by atoms with Crippen molar-refractivity contribution in [1.29, 1.82) is 0 Å². The number of nitrogens with zero attached hydrogens (tertiary/aromatic N) is 3. The zero-order chi connectivity index (χ0) is 26.5. The van der Waals surface area contributed by atoms with Gasteiger partial charge in [0.05, 0.1) is 16.4 Å². The number of nitrogens with one attached hydrogen (secondary N) is 2. The molecule has 2 N–H and O–H groups in total. The predicted octanol–water partition coefficient (Wildman–Crippen LogP) is 7.41. The number of anilines is 1. The maximum Gasteiger partial charge on any atom is 0.244 e. The predicted molar refractivity (Wildman–Crippen MR) is 157 cm³/mol. The fourth-order valence-electron chi connectivity index (χ4n) is 3.87. The number of fused-ring (bicyclic) bond motifs is 1. The molecule has 0 radical (unpaired) electrons. The minimum Gasteiger partial charge on any atom is -0.366 e. The van der Waals surface area contributed by atoms with Gasteiger partial charge in [-0.25, -0.2) is 4.98 Å². The Kier molecular flexibility index (Phi) is 8.08. The van der Waals surface area contributed by atoms with Gasteiger partial charge in [-0.3, -0.25) is 4.79 Å². The van der Waals surface area contributed by atoms with Crippen LogP contribution in [0.5, 0.6) is 0 Å². The van der Waals surface area contributed by atoms with Crippen LogP contribution in [-0.4, -0.2) is 20.5 Å². The summed E-state index contributed by atoms with van der Waals surface area (Å²) in [4.78, 5) is 16.9. The summed E-state index contributed by atoms with van der Waals surface area (Å²) in [5, 5.41) is 12.1. The topological polar surface area (TPSA) is 71.3 Å². The summed E-state index contributed by atoms with van der Waals surface area (Å²) in [6.45, 7) is 1.01. The zero-order valence-corrected chi connectivity index (χ0v) is 23.1. The molecule has 5 rings (SSSR count). The van der Waals surface area contributed by atoms with Crippen LogP contribution in [0, 0.1) is 0 Å². The van der Waals surface area contributed by atoms with Gasteiger partial charge in [-0.1, -0.05) is 77.8 Å². The van der Waals surface area contributed by atoms with Crippen molar-refractivity contribution in [3.63, 3.8) is 0 Å². The molecule has 0 aliphatic rings. The molecule has 38 heavy (non-hydrogen) atoms. The van der Waals surface area contributed by atoms with Crippen molar-refractivity contribution < 1.29 is 4.79 Å². The number of rotatable bonds is 8. The van der Waals surface area contributed by atoms with E-state index >= 15 is 0 Å². The molecule has 0 atom stereocenters. The Labute approximate surface area is 238 Å². The van der Waals surface area contributed by atoms with Gasteiger partial charge < -0.3 is 10.6 Å². The van der Waals surface area contributed by atoms with Crippen molar-refractivity contribution in [2.24, 2.45) is 0 Å². The fraction of sp³-hybridized carbons (Fsp3) is 0.0690. The molecule has 0 unspecified atom stereocenters. The molecule has 0 bridgehead atoms. The Morgan fingerprint density at radius 1 is 0.947 bits per heavy atom. The van der Waals surface area contributed by atoms with Gasteiger partial charge in [0, 0.05) is 40.8 Å². The molecule has 0 fully saturated rings. The SMILES string of the molecule is O=C(C=Cc1cccc(Cl)c1)NCc1ccc(CNc2cc(-c3ccccc3Cl)nc3c(Br)cnn23)cc1. The summed E-state index contributed by atoms with van der Waals surface area (Å²) < 4.78 is 2.55. The van der Waals surface area contributed by atoms with E-state index in [9.17, 15) is 4.79 Å². The first-order chi connectivity index (χ1) is 18.5. The first-order valence-electron chi connectivity index (χ1n) is 11.8. The number of aromatic nitrogens is 3. The molecule has 190 valence electrons. The normalized spacial score (nSPS) is 11.2. The Morgan fingerprint density at radius 3 is 2.47 bits per heavy atom. The Morgan fingerprint density at radius 2 is 1.71 bits per heavy atom. The number of halogens is 3. The van der Waals surface area contributed by atoms with Crippen LogP contribution in [0.1, 0.15) is 16.7 Å². The summed E-state index contributed by atoms with van der Waals surface area (Å²) in [5.41, 5.74) is 5.25. The van der Waals surface area contributed by atoms with Crippen LogP contribution >= 0.6 is 39.1 Å². The molecule has 0 aliphatic carbocycles. The summed E-state index contributed by atoms with van der Waals surface area (Å²) >= 11 is 15.9. The van der Waals surface area contributed by atoms with Gasteiger partial charge in [-0.15, -0.1) is 0 Å². The molecule has 0 aliphatic heterocycles. The average Bonchev–Trinajstić information content (AvgIpc) is 3.31. The highest BCUT2D eigenvalue weighted by atomic mass is 79.9. The van der Waals surface area contributed by atoms with Crippen molar-refractivity contribution in [2.45, 2.75) is 13.1 Å². The molecular formula is C29H22BrCl2N5O. The van der Waals surface area contributed by atoms with Crippen LogP contribution in [0.2, 0.25) is 10.0 Å². The molecule has 2 aromatic heterocycles. The van der Waals surface area contributed by atoms with Gasteiger partial charge in [0.25, 0.3) is 0 Å². The van der Waals surface area contributed by atoms with Crippen LogP contribution in [0.4, 0.5) is 5.82 Å². The van der Waals surface area contributed by atoms with Crippen molar-refractivity contribution in [1.82, 2.24) is 19.9 Å². The molecular weight excluding hydrogens is 585 g/mol. The molecule has 0 spiro atoms. The summed E-state index contributed by atoms with van der Waals surface area (Å²) in [6.07, 6.45) is 4.96. The van der Waals surface area contributed by atoms with Crippen molar-refractivity contribution in [3.8, 4) is 11.3 Å². The molecule has 0 saturated heterocycles. The number of carbonyl (C=O) groups is 1. The van der Waals surface area contributed by atoms with Gasteiger partial charge >= 0.3 is 0 Å². The van der Waals surface area contributed by atoms with Gasteiger partial charge in [0.1, 0.15) is 5.82 Å². The number of hydrogen-bond acceptors (Lipinski definition) is 4. The second-order valence-corrected chi connectivity index (χ2v) is 10.2. The minimum absolute atomic E-state index is 0.169. The van der Waals surface area contributed by atoms with E-state index in [0.717, 1.165) is 38.2 Å². The van der Waals surface area contributed by atoms with E-state index < -0.39 is 0 Å². The number of carbonyl (C=O) groups excluding carboxylic acids is 1. The quantitative estimate of drug-likeness (QED) is 0.180. The number of hydrogen-bond donors (Lipinski definition) is 2. The second kappa shape index (κ2) is 11.8. The van der Waals surface area contributed by atoms with Crippen LogP contribution in [0.3, 0.4) is 0 Å². The summed E-state index contributed by atoms with van der Waals surface area (Å²) in [6, 6.07) is 25.0. The fourth-order valence-corrected chi connectivity index (χ4v) is 4.65. The Hall–Kier alpha value is -3.65. The Bertz CT molecular complexity index is 1630. The first kappa shape index (κ1) is 26.0. The van der Waals surface area contributed by atoms with E-state index in [2.05, 4.69) is 31.7 Å². The molecule has 6 nitrogen and oxygen atoms in total. The van der Waals surface area contributed by atoms with Gasteiger partial charge in [-0.2, -0.15) is 9.61 Å². The van der Waals surface area contributed by atoms with Crippen molar-refractivity contribution >= 4 is 62.6 Å². The summed E-state index contributed by atoms with van der Waals surface area (Å²) in [5.74, 6) is 0.621. The van der Waals surface area contributed by atoms with E-state index in [1.54, 1.807) is 28.9 Å². The standard InChI is InChI=1S/C29H22BrCl2N5O/c30-24-18-35-37-27(15-26(36-29(24)37)23-6-1-2-7-25(23)32)33-16-20-8-10-21(11-9-20)17-34-28(38)13-12-19-4-3-5-22(31)14-19/h1-15,18,33H,16-17H2,(H,34,38). The van der Waals surface area contributed by atoms with E-state index in [-0.39, 0.29) is 5.91 Å². The largest absolute Gasteiger partial charge is 0.366 e. The van der Waals surface area contributed by atoms with E-state index in [0.29, 0.717) is 28.8 Å². The third-order valence-electron chi connectivity index (χ3n) is 5.82. The van der Waals surface area contributed by atoms with Crippen LogP contribution in [0.25, 0.3) is 23.0 Å². The van der Waals surface area contributed by atoms with Crippen LogP contribution in [-0.2, 0) is 17.9 Å². The third-order valence-corrected chi connectivity index (χ3v) is 6.94. The van der Waals surface area contributed by atoms with Crippen molar-refractivity contribution in [2.75, 3.05) is 5.32 Å². The van der Waals surface area contributed by atoms with E-state index in [1.807, 2.05) is 66.7 Å². The third kappa shape index (κ3) is 6.25. The zero-order valence-electron chi connectivity index (χ0n) is 20.0. The average molecular weight is 607 g/mol. The molecule has 1 amide bonds. The Balaban J connectivity index is 1.23. The monoisotopic (exact) mass is 605 g/mol. The molecule has 5 aromatic rings.